The molecule has 2 fully saturated rings. The molecule has 2 atom stereocenters. The minimum absolute atomic E-state index is 0.420. The number of thioether (sulfide) groups is 1. The topological polar surface area (TPSA) is 15.3 Å². The zero-order valence-corrected chi connectivity index (χ0v) is 11.1. The molecule has 88 valence electrons. The quantitative estimate of drug-likeness (QED) is 0.741. The molecular weight excluding hydrogens is 204 g/mol. The van der Waals surface area contributed by atoms with Gasteiger partial charge in [-0.05, 0) is 39.7 Å². The zero-order chi connectivity index (χ0) is 10.9. The maximum atomic E-state index is 3.76. The summed E-state index contributed by atoms with van der Waals surface area (Å²) in [5, 5.41) is 4.56. The van der Waals surface area contributed by atoms with E-state index in [1.807, 2.05) is 0 Å². The summed E-state index contributed by atoms with van der Waals surface area (Å²) >= 11 is 2.18. The van der Waals surface area contributed by atoms with Crippen molar-refractivity contribution in [3.63, 3.8) is 0 Å². The van der Waals surface area contributed by atoms with E-state index in [9.17, 15) is 0 Å². The normalized spacial score (nSPS) is 38.8. The molecule has 1 spiro atoms. The Balaban J connectivity index is 1.95. The lowest BCUT2D eigenvalue weighted by molar-refractivity contribution is 0.228. The lowest BCUT2D eigenvalue weighted by atomic mass is 10.1. The Morgan fingerprint density at radius 1 is 1.33 bits per heavy atom. The van der Waals surface area contributed by atoms with Crippen LogP contribution in [0.25, 0.3) is 0 Å². The van der Waals surface area contributed by atoms with Crippen molar-refractivity contribution in [2.75, 3.05) is 19.6 Å². The SMILES string of the molecule is CC1CNC2(CCCN(C(C)C)CC2)S1. The van der Waals surface area contributed by atoms with Gasteiger partial charge in [-0.2, -0.15) is 0 Å². The molecule has 0 aromatic carbocycles. The van der Waals surface area contributed by atoms with Gasteiger partial charge in [-0.1, -0.05) is 6.92 Å². The van der Waals surface area contributed by atoms with Crippen LogP contribution in [0.4, 0.5) is 0 Å². The number of rotatable bonds is 1. The van der Waals surface area contributed by atoms with Crippen LogP contribution in [0.2, 0.25) is 0 Å². The van der Waals surface area contributed by atoms with E-state index in [-0.39, 0.29) is 0 Å². The molecule has 0 amide bonds. The maximum absolute atomic E-state index is 3.76. The highest BCUT2D eigenvalue weighted by Crippen LogP contribution is 2.40. The maximum Gasteiger partial charge on any atom is 0.0661 e. The van der Waals surface area contributed by atoms with Gasteiger partial charge in [0.2, 0.25) is 0 Å². The minimum atomic E-state index is 0.420. The molecule has 3 heteroatoms. The van der Waals surface area contributed by atoms with Gasteiger partial charge in [0.05, 0.1) is 4.87 Å². The summed E-state index contributed by atoms with van der Waals surface area (Å²) < 4.78 is 0. The molecule has 0 saturated carbocycles. The van der Waals surface area contributed by atoms with Crippen LogP contribution in [0.1, 0.15) is 40.0 Å². The predicted octanol–water partition coefficient (Wildman–Crippen LogP) is 2.30. The molecule has 2 aliphatic rings. The van der Waals surface area contributed by atoms with Crippen molar-refractivity contribution in [2.45, 2.75) is 56.2 Å². The smallest absolute Gasteiger partial charge is 0.0661 e. The highest BCUT2D eigenvalue weighted by molar-refractivity contribution is 8.01. The number of likely N-dealkylation sites (tertiary alicyclic amines) is 1. The molecule has 0 radical (unpaired) electrons. The van der Waals surface area contributed by atoms with E-state index < -0.39 is 0 Å². The van der Waals surface area contributed by atoms with Crippen LogP contribution in [0, 0.1) is 0 Å². The van der Waals surface area contributed by atoms with Crippen LogP contribution in [-0.2, 0) is 0 Å². The lowest BCUT2D eigenvalue weighted by Gasteiger charge is -2.28. The van der Waals surface area contributed by atoms with Crippen molar-refractivity contribution in [3.05, 3.63) is 0 Å². The Morgan fingerprint density at radius 2 is 2.13 bits per heavy atom. The van der Waals surface area contributed by atoms with Crippen molar-refractivity contribution in [3.8, 4) is 0 Å². The predicted molar refractivity (Wildman–Crippen MR) is 68.3 cm³/mol. The summed E-state index contributed by atoms with van der Waals surface area (Å²) in [6, 6.07) is 0.712. The Labute approximate surface area is 98.2 Å². The first-order valence-corrected chi connectivity index (χ1v) is 7.16. The van der Waals surface area contributed by atoms with Crippen molar-refractivity contribution in [1.29, 1.82) is 0 Å². The van der Waals surface area contributed by atoms with Crippen molar-refractivity contribution >= 4 is 11.8 Å². The fourth-order valence-corrected chi connectivity index (χ4v) is 4.31. The van der Waals surface area contributed by atoms with E-state index in [4.69, 9.17) is 0 Å². The Kier molecular flexibility index (Phi) is 3.63. The first kappa shape index (κ1) is 11.7. The first-order chi connectivity index (χ1) is 7.11. The standard InChI is InChI=1S/C12H24N2S/c1-10(2)14-7-4-5-12(6-8-14)13-9-11(3)15-12/h10-11,13H,4-9H2,1-3H3. The first-order valence-electron chi connectivity index (χ1n) is 6.28. The lowest BCUT2D eigenvalue weighted by Crippen LogP contribution is -2.39. The summed E-state index contributed by atoms with van der Waals surface area (Å²) in [7, 11) is 0. The molecule has 2 nitrogen and oxygen atoms in total. The molecule has 0 aliphatic carbocycles. The van der Waals surface area contributed by atoms with Gasteiger partial charge in [-0.3, -0.25) is 0 Å². The van der Waals surface area contributed by atoms with Gasteiger partial charge in [0.15, 0.2) is 0 Å². The Hall–Kier alpha value is 0.270. The average molecular weight is 228 g/mol. The van der Waals surface area contributed by atoms with Crippen LogP contribution < -0.4 is 5.32 Å². The average Bonchev–Trinajstić information content (AvgIpc) is 2.43. The number of nitrogens with one attached hydrogen (secondary N) is 1. The van der Waals surface area contributed by atoms with E-state index >= 15 is 0 Å². The highest BCUT2D eigenvalue weighted by Gasteiger charge is 2.38. The van der Waals surface area contributed by atoms with Crippen molar-refractivity contribution in [2.24, 2.45) is 0 Å². The van der Waals surface area contributed by atoms with Gasteiger partial charge in [0, 0.05) is 24.4 Å². The number of hydrogen-bond acceptors (Lipinski definition) is 3. The zero-order valence-electron chi connectivity index (χ0n) is 10.3. The van der Waals surface area contributed by atoms with Crippen LogP contribution >= 0.6 is 11.8 Å². The van der Waals surface area contributed by atoms with Crippen LogP contribution in [-0.4, -0.2) is 40.7 Å². The Bertz CT molecular complexity index is 220. The molecule has 2 aliphatic heterocycles. The van der Waals surface area contributed by atoms with Gasteiger partial charge in [0.25, 0.3) is 0 Å². The second-order valence-corrected chi connectivity index (χ2v) is 7.11. The van der Waals surface area contributed by atoms with E-state index in [1.165, 1.54) is 38.9 Å². The summed E-state index contributed by atoms with van der Waals surface area (Å²) in [5.74, 6) is 0. The van der Waals surface area contributed by atoms with Crippen molar-refractivity contribution < 1.29 is 0 Å². The third-order valence-corrected chi connectivity index (χ3v) is 5.27. The van der Waals surface area contributed by atoms with Gasteiger partial charge >= 0.3 is 0 Å². The molecule has 2 saturated heterocycles. The molecule has 0 bridgehead atoms. The molecule has 0 aromatic heterocycles. The van der Waals surface area contributed by atoms with E-state index in [0.29, 0.717) is 10.9 Å². The monoisotopic (exact) mass is 228 g/mol. The number of nitrogens with zero attached hydrogens (tertiary/aromatic N) is 1. The van der Waals surface area contributed by atoms with E-state index in [2.05, 4.69) is 42.7 Å². The summed E-state index contributed by atoms with van der Waals surface area (Å²) in [6.45, 7) is 10.7. The fourth-order valence-electron chi connectivity index (χ4n) is 2.74. The van der Waals surface area contributed by atoms with Crippen LogP contribution in [0.3, 0.4) is 0 Å². The van der Waals surface area contributed by atoms with Crippen LogP contribution in [0.5, 0.6) is 0 Å². The second-order valence-electron chi connectivity index (χ2n) is 5.29. The van der Waals surface area contributed by atoms with Crippen molar-refractivity contribution in [1.82, 2.24) is 10.2 Å². The van der Waals surface area contributed by atoms with E-state index in [1.54, 1.807) is 0 Å². The molecule has 1 N–H and O–H groups in total. The van der Waals surface area contributed by atoms with E-state index in [0.717, 1.165) is 5.25 Å². The van der Waals surface area contributed by atoms with Gasteiger partial charge < -0.3 is 10.2 Å². The summed E-state index contributed by atoms with van der Waals surface area (Å²) in [5.41, 5.74) is 0. The Morgan fingerprint density at radius 3 is 2.73 bits per heavy atom. The van der Waals surface area contributed by atoms with Crippen LogP contribution in [0.15, 0.2) is 0 Å². The summed E-state index contributed by atoms with van der Waals surface area (Å²) in [6.07, 6.45) is 4.02. The third-order valence-electron chi connectivity index (χ3n) is 3.70. The fraction of sp³-hybridized carbons (Fsp3) is 1.00. The molecule has 15 heavy (non-hydrogen) atoms. The number of hydrogen-bond donors (Lipinski definition) is 1. The summed E-state index contributed by atoms with van der Waals surface area (Å²) in [4.78, 5) is 3.04. The minimum Gasteiger partial charge on any atom is -0.302 e. The molecular formula is C12H24N2S. The highest BCUT2D eigenvalue weighted by atomic mass is 32.2. The van der Waals surface area contributed by atoms with Gasteiger partial charge in [0.1, 0.15) is 0 Å². The molecule has 2 rings (SSSR count). The van der Waals surface area contributed by atoms with Gasteiger partial charge in [-0.15, -0.1) is 11.8 Å². The molecule has 2 unspecified atom stereocenters. The van der Waals surface area contributed by atoms with Gasteiger partial charge in [-0.25, -0.2) is 0 Å². The molecule has 2 heterocycles. The third kappa shape index (κ3) is 2.69. The largest absolute Gasteiger partial charge is 0.302 e. The molecule has 0 aromatic rings. The second kappa shape index (κ2) is 4.64.